The Hall–Kier alpha value is -1.61. The van der Waals surface area contributed by atoms with E-state index in [9.17, 15) is 9.90 Å². The second-order valence-electron chi connectivity index (χ2n) is 2.92. The summed E-state index contributed by atoms with van der Waals surface area (Å²) in [6, 6.07) is 4.91. The lowest BCUT2D eigenvalue weighted by Gasteiger charge is -1.98. The molecule has 0 aliphatic carbocycles. The standard InChI is InChI=1S/C11H13NO2/c12-6-2-1-3-9-4-5-10(8-13)11(14)7-9/h1,3-5,7-8,14H,2,6,12H2. The number of phenols is 1. The number of aldehydes is 1. The maximum Gasteiger partial charge on any atom is 0.153 e. The van der Waals surface area contributed by atoms with Gasteiger partial charge in [-0.15, -0.1) is 0 Å². The number of nitrogens with two attached hydrogens (primary N) is 1. The van der Waals surface area contributed by atoms with Crippen LogP contribution in [-0.2, 0) is 0 Å². The van der Waals surface area contributed by atoms with Gasteiger partial charge >= 0.3 is 0 Å². The third-order valence-electron chi connectivity index (χ3n) is 1.83. The van der Waals surface area contributed by atoms with E-state index in [0.717, 1.165) is 12.0 Å². The van der Waals surface area contributed by atoms with Crippen molar-refractivity contribution in [2.75, 3.05) is 6.54 Å². The van der Waals surface area contributed by atoms with Crippen LogP contribution in [0, 0.1) is 0 Å². The summed E-state index contributed by atoms with van der Waals surface area (Å²) in [5.74, 6) is 0.00917. The summed E-state index contributed by atoms with van der Waals surface area (Å²) in [6.45, 7) is 0.606. The van der Waals surface area contributed by atoms with Crippen LogP contribution in [0.15, 0.2) is 24.3 Å². The number of rotatable bonds is 4. The van der Waals surface area contributed by atoms with Gasteiger partial charge in [0.25, 0.3) is 0 Å². The lowest BCUT2D eigenvalue weighted by Crippen LogP contribution is -1.94. The van der Waals surface area contributed by atoms with Gasteiger partial charge in [-0.1, -0.05) is 18.2 Å². The lowest BCUT2D eigenvalue weighted by molar-refractivity contribution is 0.112. The molecule has 0 radical (unpaired) electrons. The molecule has 14 heavy (non-hydrogen) atoms. The molecule has 1 aromatic rings. The second-order valence-corrected chi connectivity index (χ2v) is 2.92. The van der Waals surface area contributed by atoms with Crippen molar-refractivity contribution in [3.8, 4) is 5.75 Å². The molecule has 0 aliphatic heterocycles. The lowest BCUT2D eigenvalue weighted by atomic mass is 10.1. The molecule has 74 valence electrons. The van der Waals surface area contributed by atoms with Crippen molar-refractivity contribution in [1.82, 2.24) is 0 Å². The largest absolute Gasteiger partial charge is 0.507 e. The third kappa shape index (κ3) is 2.71. The third-order valence-corrected chi connectivity index (χ3v) is 1.83. The molecule has 1 rings (SSSR count). The predicted molar refractivity (Wildman–Crippen MR) is 56.2 cm³/mol. The summed E-state index contributed by atoms with van der Waals surface area (Å²) in [5, 5.41) is 9.36. The summed E-state index contributed by atoms with van der Waals surface area (Å²) < 4.78 is 0. The molecule has 0 unspecified atom stereocenters. The van der Waals surface area contributed by atoms with E-state index in [2.05, 4.69) is 0 Å². The SMILES string of the molecule is NCCC=Cc1ccc(C=O)c(O)c1. The highest BCUT2D eigenvalue weighted by Gasteiger charge is 1.98. The molecule has 0 saturated heterocycles. The number of benzene rings is 1. The molecule has 1 aromatic carbocycles. The quantitative estimate of drug-likeness (QED) is 0.710. The van der Waals surface area contributed by atoms with E-state index in [0.29, 0.717) is 18.4 Å². The van der Waals surface area contributed by atoms with Crippen LogP contribution in [0.2, 0.25) is 0 Å². The Labute approximate surface area is 82.9 Å². The molecule has 0 spiro atoms. The Morgan fingerprint density at radius 3 is 2.79 bits per heavy atom. The van der Waals surface area contributed by atoms with E-state index in [1.807, 2.05) is 12.2 Å². The van der Waals surface area contributed by atoms with Crippen molar-refractivity contribution in [2.45, 2.75) is 6.42 Å². The first-order chi connectivity index (χ1) is 6.77. The van der Waals surface area contributed by atoms with Crippen LogP contribution >= 0.6 is 0 Å². The normalized spacial score (nSPS) is 10.6. The van der Waals surface area contributed by atoms with Gasteiger partial charge < -0.3 is 10.8 Å². The van der Waals surface area contributed by atoms with E-state index < -0.39 is 0 Å². The Morgan fingerprint density at radius 2 is 2.21 bits per heavy atom. The number of carbonyl (C=O) groups excluding carboxylic acids is 1. The Balaban J connectivity index is 2.81. The molecule has 0 atom stereocenters. The summed E-state index contributed by atoms with van der Waals surface area (Å²) in [4.78, 5) is 10.4. The number of carbonyl (C=O) groups is 1. The van der Waals surface area contributed by atoms with Gasteiger partial charge in [0.05, 0.1) is 5.56 Å². The van der Waals surface area contributed by atoms with Gasteiger partial charge in [-0.2, -0.15) is 0 Å². The minimum absolute atomic E-state index is 0.00917. The molecule has 3 N–H and O–H groups in total. The fourth-order valence-corrected chi connectivity index (χ4v) is 1.08. The van der Waals surface area contributed by atoms with Crippen LogP contribution < -0.4 is 5.73 Å². The molecule has 0 heterocycles. The Kier molecular flexibility index (Phi) is 3.88. The molecule has 0 bridgehead atoms. The zero-order valence-corrected chi connectivity index (χ0v) is 7.81. The van der Waals surface area contributed by atoms with E-state index in [-0.39, 0.29) is 5.75 Å². The maximum atomic E-state index is 10.4. The van der Waals surface area contributed by atoms with Gasteiger partial charge in [-0.3, -0.25) is 4.79 Å². The van der Waals surface area contributed by atoms with Crippen molar-refractivity contribution in [1.29, 1.82) is 0 Å². The zero-order valence-electron chi connectivity index (χ0n) is 7.81. The van der Waals surface area contributed by atoms with Crippen molar-refractivity contribution in [3.05, 3.63) is 35.4 Å². The maximum absolute atomic E-state index is 10.4. The fourth-order valence-electron chi connectivity index (χ4n) is 1.08. The summed E-state index contributed by atoms with van der Waals surface area (Å²) in [5.41, 5.74) is 6.49. The monoisotopic (exact) mass is 191 g/mol. The van der Waals surface area contributed by atoms with Crippen molar-refractivity contribution >= 4 is 12.4 Å². The minimum atomic E-state index is 0.00917. The molecule has 0 fully saturated rings. The van der Waals surface area contributed by atoms with Gasteiger partial charge in [0.2, 0.25) is 0 Å². The molecule has 3 nitrogen and oxygen atoms in total. The molecule has 3 heteroatoms. The second kappa shape index (κ2) is 5.19. The van der Waals surface area contributed by atoms with Gasteiger partial charge in [-0.25, -0.2) is 0 Å². The smallest absolute Gasteiger partial charge is 0.153 e. The molecule has 0 amide bonds. The first kappa shape index (κ1) is 10.5. The molecule has 0 aromatic heterocycles. The fraction of sp³-hybridized carbons (Fsp3) is 0.182. The molecular formula is C11H13NO2. The summed E-state index contributed by atoms with van der Waals surface area (Å²) in [6.07, 6.45) is 5.22. The highest BCUT2D eigenvalue weighted by molar-refractivity contribution is 5.79. The number of phenolic OH excluding ortho intramolecular Hbond substituents is 1. The first-order valence-electron chi connectivity index (χ1n) is 4.42. The minimum Gasteiger partial charge on any atom is -0.507 e. The van der Waals surface area contributed by atoms with E-state index >= 15 is 0 Å². The van der Waals surface area contributed by atoms with Crippen molar-refractivity contribution < 1.29 is 9.90 Å². The zero-order chi connectivity index (χ0) is 10.4. The van der Waals surface area contributed by atoms with Crippen LogP contribution in [0.5, 0.6) is 5.75 Å². The average Bonchev–Trinajstić information content (AvgIpc) is 2.18. The summed E-state index contributed by atoms with van der Waals surface area (Å²) >= 11 is 0. The van der Waals surface area contributed by atoms with Crippen LogP contribution in [0.25, 0.3) is 6.08 Å². The van der Waals surface area contributed by atoms with E-state index in [1.54, 1.807) is 18.2 Å². The van der Waals surface area contributed by atoms with Gasteiger partial charge in [-0.05, 0) is 30.7 Å². The van der Waals surface area contributed by atoms with Crippen molar-refractivity contribution in [2.24, 2.45) is 5.73 Å². The highest BCUT2D eigenvalue weighted by Crippen LogP contribution is 2.17. The number of hydrogen-bond acceptors (Lipinski definition) is 3. The van der Waals surface area contributed by atoms with Crippen molar-refractivity contribution in [3.63, 3.8) is 0 Å². The van der Waals surface area contributed by atoms with Crippen LogP contribution in [-0.4, -0.2) is 17.9 Å². The van der Waals surface area contributed by atoms with Crippen LogP contribution in [0.3, 0.4) is 0 Å². The van der Waals surface area contributed by atoms with Crippen LogP contribution in [0.4, 0.5) is 0 Å². The van der Waals surface area contributed by atoms with Gasteiger partial charge in [0.1, 0.15) is 5.75 Å². The van der Waals surface area contributed by atoms with Gasteiger partial charge in [0, 0.05) is 0 Å². The predicted octanol–water partition coefficient (Wildman–Crippen LogP) is 1.57. The Bertz CT molecular complexity index is 345. The molecule has 0 saturated carbocycles. The van der Waals surface area contributed by atoms with E-state index in [4.69, 9.17) is 5.73 Å². The van der Waals surface area contributed by atoms with E-state index in [1.165, 1.54) is 0 Å². The topological polar surface area (TPSA) is 63.3 Å². The average molecular weight is 191 g/mol. The Morgan fingerprint density at radius 1 is 1.43 bits per heavy atom. The van der Waals surface area contributed by atoms with Crippen LogP contribution in [0.1, 0.15) is 22.3 Å². The molecular weight excluding hydrogens is 178 g/mol. The van der Waals surface area contributed by atoms with Gasteiger partial charge in [0.15, 0.2) is 6.29 Å². The summed E-state index contributed by atoms with van der Waals surface area (Å²) in [7, 11) is 0. The molecule has 0 aliphatic rings. The number of aromatic hydroxyl groups is 1. The highest BCUT2D eigenvalue weighted by atomic mass is 16.3. The first-order valence-corrected chi connectivity index (χ1v) is 4.42. The number of hydrogen-bond donors (Lipinski definition) is 2.